The van der Waals surface area contributed by atoms with Crippen LogP contribution in [0.15, 0.2) is 30.3 Å². The van der Waals surface area contributed by atoms with Crippen molar-refractivity contribution in [2.24, 2.45) is 0 Å². The Labute approximate surface area is 137 Å². The van der Waals surface area contributed by atoms with E-state index < -0.39 is 23.3 Å². The average molecular weight is 342 g/mol. The maximum Gasteiger partial charge on any atom is 0.195 e. The lowest BCUT2D eigenvalue weighted by atomic mass is 10.0. The van der Waals surface area contributed by atoms with Crippen LogP contribution in [-0.2, 0) is 0 Å². The van der Waals surface area contributed by atoms with Crippen LogP contribution < -0.4 is 4.74 Å². The van der Waals surface area contributed by atoms with Crippen molar-refractivity contribution >= 4 is 0 Å². The van der Waals surface area contributed by atoms with Gasteiger partial charge in [-0.25, -0.2) is 17.6 Å². The van der Waals surface area contributed by atoms with Gasteiger partial charge in [0, 0.05) is 17.7 Å². The lowest BCUT2D eigenvalue weighted by molar-refractivity contribution is 0.273. The number of hydrogen-bond donors (Lipinski definition) is 1. The summed E-state index contributed by atoms with van der Waals surface area (Å²) in [6.07, 6.45) is 3.25. The third kappa shape index (κ3) is 4.47. The van der Waals surface area contributed by atoms with Gasteiger partial charge >= 0.3 is 0 Å². The molecule has 0 fully saturated rings. The van der Waals surface area contributed by atoms with E-state index in [9.17, 15) is 17.6 Å². The number of ether oxygens (including phenoxy) is 1. The summed E-state index contributed by atoms with van der Waals surface area (Å²) in [4.78, 5) is 0. The first-order valence-electron chi connectivity index (χ1n) is 7.71. The van der Waals surface area contributed by atoms with E-state index >= 15 is 0 Å². The monoisotopic (exact) mass is 342 g/mol. The molecule has 0 radical (unpaired) electrons. The van der Waals surface area contributed by atoms with Gasteiger partial charge in [-0.05, 0) is 49.6 Å². The van der Waals surface area contributed by atoms with E-state index in [2.05, 4.69) is 0 Å². The zero-order valence-electron chi connectivity index (χ0n) is 13.0. The van der Waals surface area contributed by atoms with Gasteiger partial charge in [0.1, 0.15) is 11.6 Å². The largest absolute Gasteiger partial charge is 0.494 e. The summed E-state index contributed by atoms with van der Waals surface area (Å²) >= 11 is 0. The normalized spacial score (nSPS) is 10.9. The molecule has 1 N–H and O–H groups in total. The van der Waals surface area contributed by atoms with E-state index in [1.807, 2.05) is 0 Å². The minimum absolute atomic E-state index is 0.155. The minimum Gasteiger partial charge on any atom is -0.494 e. The predicted octanol–water partition coefficient (Wildman–Crippen LogP) is 4.84. The maximum atomic E-state index is 13.9. The number of rotatable bonds is 8. The molecule has 2 nitrogen and oxygen atoms in total. The van der Waals surface area contributed by atoms with Gasteiger partial charge in [0.2, 0.25) is 0 Å². The Morgan fingerprint density at radius 1 is 0.750 bits per heavy atom. The molecule has 0 bridgehead atoms. The summed E-state index contributed by atoms with van der Waals surface area (Å²) < 4.78 is 59.6. The molecular weight excluding hydrogens is 324 g/mol. The van der Waals surface area contributed by atoms with Crippen LogP contribution in [0.25, 0.3) is 11.1 Å². The molecule has 0 aromatic heterocycles. The number of halogens is 4. The van der Waals surface area contributed by atoms with Crippen molar-refractivity contribution < 1.29 is 27.4 Å². The molecular formula is C18H18F4O2. The smallest absolute Gasteiger partial charge is 0.195 e. The molecule has 2 aromatic carbocycles. The summed E-state index contributed by atoms with van der Waals surface area (Å²) in [5.74, 6) is -4.84. The predicted molar refractivity (Wildman–Crippen MR) is 82.8 cm³/mol. The van der Waals surface area contributed by atoms with Gasteiger partial charge < -0.3 is 9.84 Å². The molecule has 0 aliphatic heterocycles. The third-order valence-electron chi connectivity index (χ3n) is 3.58. The highest BCUT2D eigenvalue weighted by Gasteiger charge is 2.17. The van der Waals surface area contributed by atoms with Crippen molar-refractivity contribution in [2.45, 2.75) is 25.7 Å². The second-order valence-electron chi connectivity index (χ2n) is 5.35. The molecule has 0 amide bonds. The summed E-state index contributed by atoms with van der Waals surface area (Å²) in [6, 6.07) is 5.49. The van der Waals surface area contributed by atoms with Gasteiger partial charge in [-0.1, -0.05) is 6.42 Å². The van der Waals surface area contributed by atoms with E-state index in [4.69, 9.17) is 9.84 Å². The summed E-state index contributed by atoms with van der Waals surface area (Å²) in [5, 5.41) is 8.68. The van der Waals surface area contributed by atoms with E-state index in [-0.39, 0.29) is 17.7 Å². The molecule has 0 saturated carbocycles. The van der Waals surface area contributed by atoms with Gasteiger partial charge in [-0.15, -0.1) is 0 Å². The van der Waals surface area contributed by atoms with E-state index in [1.54, 1.807) is 0 Å². The van der Waals surface area contributed by atoms with Crippen LogP contribution >= 0.6 is 0 Å². The molecule has 0 saturated heterocycles. The Bertz CT molecular complexity index is 689. The van der Waals surface area contributed by atoms with Gasteiger partial charge in [-0.2, -0.15) is 0 Å². The molecule has 0 atom stereocenters. The molecule has 130 valence electrons. The summed E-state index contributed by atoms with van der Waals surface area (Å²) in [6.45, 7) is 0.540. The van der Waals surface area contributed by atoms with Gasteiger partial charge in [-0.3, -0.25) is 0 Å². The van der Waals surface area contributed by atoms with E-state index in [1.165, 1.54) is 12.1 Å². The second kappa shape index (κ2) is 8.68. The van der Waals surface area contributed by atoms with E-state index in [0.29, 0.717) is 12.4 Å². The quantitative estimate of drug-likeness (QED) is 0.422. The first-order chi connectivity index (χ1) is 11.5. The number of aliphatic hydroxyl groups excluding tert-OH is 1. The molecule has 0 heterocycles. The number of unbranched alkanes of at least 4 members (excludes halogenated alkanes) is 3. The number of aliphatic hydroxyl groups is 1. The Kier molecular flexibility index (Phi) is 6.61. The van der Waals surface area contributed by atoms with Gasteiger partial charge in [0.15, 0.2) is 17.5 Å². The lowest BCUT2D eigenvalue weighted by Crippen LogP contribution is -2.00. The fourth-order valence-corrected chi connectivity index (χ4v) is 2.29. The van der Waals surface area contributed by atoms with Crippen LogP contribution in [0.3, 0.4) is 0 Å². The van der Waals surface area contributed by atoms with Gasteiger partial charge in [0.25, 0.3) is 0 Å². The molecule has 0 aliphatic carbocycles. The van der Waals surface area contributed by atoms with Gasteiger partial charge in [0.05, 0.1) is 6.61 Å². The number of benzene rings is 2. The second-order valence-corrected chi connectivity index (χ2v) is 5.35. The van der Waals surface area contributed by atoms with Crippen LogP contribution in [-0.4, -0.2) is 18.3 Å². The maximum absolute atomic E-state index is 13.9. The first kappa shape index (κ1) is 18.3. The fraction of sp³-hybridized carbons (Fsp3) is 0.333. The SMILES string of the molecule is OCCCCCCOc1ccc(F)c(-c2ccc(F)c(F)c2F)c1. The van der Waals surface area contributed by atoms with Crippen molar-refractivity contribution in [2.75, 3.05) is 13.2 Å². The standard InChI is InChI=1S/C18H18F4O2/c19-15-7-5-12(24-10-4-2-1-3-9-23)11-14(15)13-6-8-16(20)18(22)17(13)21/h5-8,11,23H,1-4,9-10H2. The molecule has 2 aromatic rings. The van der Waals surface area contributed by atoms with Crippen molar-refractivity contribution in [1.29, 1.82) is 0 Å². The highest BCUT2D eigenvalue weighted by molar-refractivity contribution is 5.66. The molecule has 0 aliphatic rings. The van der Waals surface area contributed by atoms with Crippen molar-refractivity contribution in [3.05, 3.63) is 53.6 Å². The molecule has 2 rings (SSSR count). The first-order valence-corrected chi connectivity index (χ1v) is 7.71. The van der Waals surface area contributed by atoms with Crippen LogP contribution in [0.4, 0.5) is 17.6 Å². The number of hydrogen-bond acceptors (Lipinski definition) is 2. The highest BCUT2D eigenvalue weighted by Crippen LogP contribution is 2.31. The van der Waals surface area contributed by atoms with Crippen LogP contribution in [0, 0.1) is 23.3 Å². The Morgan fingerprint density at radius 3 is 2.21 bits per heavy atom. The molecule has 6 heteroatoms. The average Bonchev–Trinajstić information content (AvgIpc) is 2.58. The topological polar surface area (TPSA) is 29.5 Å². The summed E-state index contributed by atoms with van der Waals surface area (Å²) in [5.41, 5.74) is -0.552. The molecule has 0 unspecified atom stereocenters. The lowest BCUT2D eigenvalue weighted by Gasteiger charge is -2.10. The molecule has 24 heavy (non-hydrogen) atoms. The summed E-state index contributed by atoms with van der Waals surface area (Å²) in [7, 11) is 0. The molecule has 0 spiro atoms. The van der Waals surface area contributed by atoms with Crippen molar-refractivity contribution in [1.82, 2.24) is 0 Å². The fourth-order valence-electron chi connectivity index (χ4n) is 2.29. The zero-order chi connectivity index (χ0) is 17.5. The zero-order valence-corrected chi connectivity index (χ0v) is 13.0. The van der Waals surface area contributed by atoms with Crippen molar-refractivity contribution in [3.8, 4) is 16.9 Å². The van der Waals surface area contributed by atoms with E-state index in [0.717, 1.165) is 43.9 Å². The Hall–Kier alpha value is -2.08. The van der Waals surface area contributed by atoms with Crippen LogP contribution in [0.5, 0.6) is 5.75 Å². The van der Waals surface area contributed by atoms with Crippen LogP contribution in [0.1, 0.15) is 25.7 Å². The Morgan fingerprint density at radius 2 is 1.46 bits per heavy atom. The Balaban J connectivity index is 2.10. The van der Waals surface area contributed by atoms with Crippen LogP contribution in [0.2, 0.25) is 0 Å². The minimum atomic E-state index is -1.64. The third-order valence-corrected chi connectivity index (χ3v) is 3.58. The highest BCUT2D eigenvalue weighted by atomic mass is 19.2. The van der Waals surface area contributed by atoms with Crippen molar-refractivity contribution in [3.63, 3.8) is 0 Å².